The van der Waals surface area contributed by atoms with Crippen molar-refractivity contribution < 1.29 is 62.5 Å². The van der Waals surface area contributed by atoms with Crippen LogP contribution in [0.25, 0.3) is 11.1 Å². The Balaban J connectivity index is 1.48. The van der Waals surface area contributed by atoms with Crippen LogP contribution in [0.2, 0.25) is 0 Å². The number of benzene rings is 2. The van der Waals surface area contributed by atoms with Gasteiger partial charge in [-0.25, -0.2) is 14.6 Å². The zero-order chi connectivity index (χ0) is 73.0. The Labute approximate surface area is 582 Å². The van der Waals surface area contributed by atoms with Crippen LogP contribution in [0, 0.1) is 41.4 Å². The summed E-state index contributed by atoms with van der Waals surface area (Å²) >= 11 is 0. The number of nitrogens with one attached hydrogen (secondary N) is 1. The fourth-order valence-corrected chi connectivity index (χ4v) is 14.2. The van der Waals surface area contributed by atoms with Crippen LogP contribution in [-0.4, -0.2) is 213 Å². The summed E-state index contributed by atoms with van der Waals surface area (Å²) in [6.45, 7) is 28.6. The Bertz CT molecular complexity index is 3260. The van der Waals surface area contributed by atoms with E-state index in [9.17, 15) is 19.5 Å². The molecule has 3 aromatic rings. The van der Waals surface area contributed by atoms with E-state index in [4.69, 9.17) is 14.5 Å². The van der Waals surface area contributed by atoms with Gasteiger partial charge in [-0.3, -0.25) is 38.4 Å². The molecule has 0 radical (unpaired) electrons. The predicted octanol–water partition coefficient (Wildman–Crippen LogP) is 8.67. The monoisotopic (exact) mass is 1360 g/mol. The van der Waals surface area contributed by atoms with Crippen molar-refractivity contribution in [2.45, 2.75) is 215 Å². The first-order valence-electron chi connectivity index (χ1n) is 35.4. The van der Waals surface area contributed by atoms with E-state index >= 15 is 33.6 Å². The highest BCUT2D eigenvalue weighted by molar-refractivity contribution is 5.99. The summed E-state index contributed by atoms with van der Waals surface area (Å²) in [5.74, 6) is -9.03. The van der Waals surface area contributed by atoms with Gasteiger partial charge >= 0.3 is 12.1 Å². The number of aromatic nitrogens is 1. The number of piperazine rings is 1. The molecule has 3 aliphatic rings. The highest BCUT2D eigenvalue weighted by Gasteiger charge is 2.48. The number of hydrogen-bond donors (Lipinski definition) is 2. The van der Waals surface area contributed by atoms with Crippen molar-refractivity contribution in [3.63, 3.8) is 0 Å². The largest absolute Gasteiger partial charge is 0.450 e. The number of pyridine rings is 1. The number of esters is 1. The first-order chi connectivity index (χ1) is 45.9. The number of ether oxygens (including phenoxy) is 2. The molecule has 11 atom stereocenters. The van der Waals surface area contributed by atoms with Crippen LogP contribution in [0.5, 0.6) is 0 Å². The van der Waals surface area contributed by atoms with Gasteiger partial charge in [-0.05, 0) is 113 Å². The molecule has 2 aromatic carbocycles. The molecule has 2 N–H and O–H groups in total. The van der Waals surface area contributed by atoms with Crippen molar-refractivity contribution in [2.75, 3.05) is 65.8 Å². The van der Waals surface area contributed by atoms with Crippen molar-refractivity contribution in [1.82, 2.24) is 39.7 Å². The number of aliphatic hydroxyl groups is 1. The topological polar surface area (TPSA) is 257 Å². The smallest absolute Gasteiger partial charge is 0.410 e. The van der Waals surface area contributed by atoms with E-state index in [1.807, 2.05) is 103 Å². The standard InChI is InChI=1S/C76H113N9O13/c1-20-49(9)56-44-60(86)58-31-26-34-85(58)71(92)59(42-52-29-25-30-53(40-52)54-32-33-62(77-45-54)83-35-37-84(38-36-83)74(95)98-75(11,12)13)79(16)70(91)57(41-51-27-23-22-24-28-51)78-67(88)64(48(7)8)81(18)72(93)65(50(10)21-2)97-73(94)66(76(14,15)96)82(19)68(89)55(39-46(3)4)43-61(87)63(47(5)6)80(17)69(56)90/h22-25,27-30,32-33,40,45-50,55-59,63-66,96H,20-21,26,31,34-39,41-44H2,1-19H3,(H,78,88)/t49?,50?,55-,56+,57?,58?,59?,63+,64+,65-,66-/m1/s1. The van der Waals surface area contributed by atoms with Crippen LogP contribution in [0.15, 0.2) is 72.9 Å². The second-order valence-corrected chi connectivity index (χ2v) is 30.4. The molecule has 22 heteroatoms. The fourth-order valence-electron chi connectivity index (χ4n) is 14.2. The minimum atomic E-state index is -1.96. The summed E-state index contributed by atoms with van der Waals surface area (Å²) < 4.78 is 11.8. The van der Waals surface area contributed by atoms with Crippen molar-refractivity contribution in [3.05, 3.63) is 84.1 Å². The number of fused-ring (bicyclic) bond motifs is 1. The van der Waals surface area contributed by atoms with Crippen LogP contribution in [0.4, 0.5) is 10.6 Å². The van der Waals surface area contributed by atoms with Gasteiger partial charge in [0.1, 0.15) is 29.5 Å². The molecule has 5 unspecified atom stereocenters. The van der Waals surface area contributed by atoms with Gasteiger partial charge in [0.05, 0.1) is 17.7 Å². The van der Waals surface area contributed by atoms with Gasteiger partial charge in [0.25, 0.3) is 5.91 Å². The lowest BCUT2D eigenvalue weighted by atomic mass is 9.82. The molecule has 22 nitrogen and oxygen atoms in total. The first-order valence-corrected chi connectivity index (χ1v) is 35.4. The van der Waals surface area contributed by atoms with E-state index in [1.54, 1.807) is 71.8 Å². The third-order valence-electron chi connectivity index (χ3n) is 19.9. The fraction of sp³-hybridized carbons (Fsp3) is 0.645. The number of hydrogen-bond acceptors (Lipinski definition) is 15. The number of likely N-dealkylation sites (N-methyl/N-ethyl adjacent to an activating group) is 4. The quantitative estimate of drug-likeness (QED) is 0.135. The average Bonchev–Trinajstić information content (AvgIpc) is 1.27. The molecule has 3 fully saturated rings. The summed E-state index contributed by atoms with van der Waals surface area (Å²) in [5, 5.41) is 14.8. The highest BCUT2D eigenvalue weighted by Crippen LogP contribution is 2.33. The molecule has 0 aliphatic carbocycles. The lowest BCUT2D eigenvalue weighted by Gasteiger charge is -2.39. The maximum Gasteiger partial charge on any atom is 0.410 e. The lowest BCUT2D eigenvalue weighted by Crippen LogP contribution is -2.61. The van der Waals surface area contributed by atoms with Crippen molar-refractivity contribution in [2.24, 2.45) is 41.4 Å². The second-order valence-electron chi connectivity index (χ2n) is 30.4. The van der Waals surface area contributed by atoms with Crippen molar-refractivity contribution >= 4 is 64.9 Å². The molecular formula is C76H113N9O13. The van der Waals surface area contributed by atoms with E-state index < -0.39 is 130 Å². The number of anilines is 1. The van der Waals surface area contributed by atoms with Gasteiger partial charge in [-0.1, -0.05) is 130 Å². The number of rotatable bonds is 15. The molecular weight excluding hydrogens is 1250 g/mol. The summed E-state index contributed by atoms with van der Waals surface area (Å²) in [6, 6.07) is 12.9. The third-order valence-corrected chi connectivity index (χ3v) is 19.9. The zero-order valence-electron chi connectivity index (χ0n) is 61.8. The molecule has 0 spiro atoms. The second kappa shape index (κ2) is 34.4. The molecule has 7 amide bonds. The van der Waals surface area contributed by atoms with E-state index in [0.29, 0.717) is 56.6 Å². The summed E-state index contributed by atoms with van der Waals surface area (Å²) in [5.41, 5.74) is 0.312. The number of cyclic esters (lactones) is 1. The Hall–Kier alpha value is -7.75. The zero-order valence-corrected chi connectivity index (χ0v) is 61.8. The molecule has 3 saturated heterocycles. The van der Waals surface area contributed by atoms with E-state index in [2.05, 4.69) is 10.2 Å². The number of amides is 7. The summed E-state index contributed by atoms with van der Waals surface area (Å²) in [6.07, 6.45) is 0.946. The van der Waals surface area contributed by atoms with Crippen molar-refractivity contribution in [1.29, 1.82) is 0 Å². The van der Waals surface area contributed by atoms with Gasteiger partial charge in [-0.15, -0.1) is 0 Å². The Morgan fingerprint density at radius 2 is 1.26 bits per heavy atom. The van der Waals surface area contributed by atoms with E-state index in [-0.39, 0.29) is 68.8 Å². The first kappa shape index (κ1) is 79.2. The Morgan fingerprint density at radius 1 is 0.643 bits per heavy atom. The molecule has 4 heterocycles. The molecule has 540 valence electrons. The predicted molar refractivity (Wildman–Crippen MR) is 377 cm³/mol. The van der Waals surface area contributed by atoms with Crippen LogP contribution >= 0.6 is 0 Å². The molecule has 0 saturated carbocycles. The molecule has 98 heavy (non-hydrogen) atoms. The Morgan fingerprint density at radius 3 is 1.82 bits per heavy atom. The van der Waals surface area contributed by atoms with Crippen LogP contribution < -0.4 is 10.2 Å². The maximum atomic E-state index is 15.9. The number of carbonyl (C=O) groups is 10. The van der Waals surface area contributed by atoms with Gasteiger partial charge in [-0.2, -0.15) is 0 Å². The number of nitrogens with zero attached hydrogens (tertiary/aromatic N) is 8. The molecule has 0 bridgehead atoms. The van der Waals surface area contributed by atoms with Gasteiger partial charge in [0.15, 0.2) is 23.7 Å². The number of carbonyl (C=O) groups excluding carboxylic acids is 10. The van der Waals surface area contributed by atoms with Gasteiger partial charge in [0, 0.05) is 116 Å². The number of Topliss-reactive ketones (excluding diaryl/α,β-unsaturated/α-hetero) is 2. The average molecular weight is 1360 g/mol. The van der Waals surface area contributed by atoms with E-state index in [0.717, 1.165) is 21.8 Å². The normalized spacial score (nSPS) is 24.9. The molecule has 1 aromatic heterocycles. The van der Waals surface area contributed by atoms with Gasteiger partial charge < -0.3 is 54.2 Å². The third kappa shape index (κ3) is 20.0. The summed E-state index contributed by atoms with van der Waals surface area (Å²) in [7, 11) is 5.82. The van der Waals surface area contributed by atoms with Crippen LogP contribution in [0.3, 0.4) is 0 Å². The van der Waals surface area contributed by atoms with Crippen molar-refractivity contribution in [3.8, 4) is 11.1 Å². The number of ketones is 2. The summed E-state index contributed by atoms with van der Waals surface area (Å²) in [4.78, 5) is 166. The highest BCUT2D eigenvalue weighted by atomic mass is 16.6. The van der Waals surface area contributed by atoms with Gasteiger partial charge in [0.2, 0.25) is 29.5 Å². The molecule has 3 aliphatic heterocycles. The van der Waals surface area contributed by atoms with E-state index in [1.165, 1.54) is 54.6 Å². The maximum absolute atomic E-state index is 15.9. The Kier molecular flexibility index (Phi) is 27.8. The van der Waals surface area contributed by atoms with Crippen LogP contribution in [0.1, 0.15) is 160 Å². The SMILES string of the molecule is CCC(C)[C@@H]1CC(=O)C2CCCN2C(=O)C(Cc2cccc(-c3ccc(N4CCN(C(=O)OC(C)(C)C)CC4)nc3)c2)N(C)C(=O)C(Cc2ccccc2)NC(=O)[C@H](C(C)C)N(C)C(=O)[C@@H](C(C)CC)OC(=O)[C@H](C(C)(C)O)N(C)C(=O)[C@H](CC(C)C)CC(=O)[C@H](C(C)C)N(C)C1=O. The minimum absolute atomic E-state index is 0.0372. The molecule has 6 rings (SSSR count). The minimum Gasteiger partial charge on any atom is -0.450 e. The van der Waals surface area contributed by atoms with Crippen LogP contribution in [-0.2, 0) is 65.5 Å². The lowest BCUT2D eigenvalue weighted by molar-refractivity contribution is -0.178.